The van der Waals surface area contributed by atoms with Gasteiger partial charge in [0.15, 0.2) is 8.07 Å². The first-order valence-corrected chi connectivity index (χ1v) is 24.7. The zero-order chi connectivity index (χ0) is 44.4. The van der Waals surface area contributed by atoms with Crippen LogP contribution in [0.2, 0.25) is 0 Å². The van der Waals surface area contributed by atoms with Gasteiger partial charge in [-0.25, -0.2) is 0 Å². The minimum absolute atomic E-state index is 0.637. The highest BCUT2D eigenvalue weighted by molar-refractivity contribution is 7.24. The molecule has 12 aromatic rings. The van der Waals surface area contributed by atoms with Crippen LogP contribution in [0.4, 0.5) is 0 Å². The van der Waals surface area contributed by atoms with Crippen molar-refractivity contribution in [2.45, 2.75) is 0 Å². The first-order chi connectivity index (χ1) is 33.1. The van der Waals surface area contributed by atoms with Gasteiger partial charge in [0.25, 0.3) is 0 Å². The predicted molar refractivity (Wildman–Crippen MR) is 277 cm³/mol. The van der Waals surface area contributed by atoms with E-state index in [0.717, 1.165) is 55.7 Å². The summed E-state index contributed by atoms with van der Waals surface area (Å²) in [6.07, 6.45) is 0. The van der Waals surface area contributed by atoms with E-state index in [-0.39, 0.29) is 0 Å². The topological polar surface area (TPSA) is 57.4 Å². The van der Waals surface area contributed by atoms with Crippen molar-refractivity contribution in [3.8, 4) is 68.0 Å². The molecule has 2 aliphatic heterocycles. The van der Waals surface area contributed by atoms with Gasteiger partial charge < -0.3 is 9.13 Å². The van der Waals surface area contributed by atoms with Crippen LogP contribution in [0.15, 0.2) is 218 Å². The number of fused-ring (bicyclic) bond motifs is 16. The van der Waals surface area contributed by atoms with E-state index in [2.05, 4.69) is 228 Å². The predicted octanol–water partition coefficient (Wildman–Crippen LogP) is 12.3. The Morgan fingerprint density at radius 1 is 0.313 bits per heavy atom. The average Bonchev–Trinajstić information content (AvgIpc) is 4.10. The van der Waals surface area contributed by atoms with Gasteiger partial charge in [-0.3, -0.25) is 0 Å². The third kappa shape index (κ3) is 5.04. The van der Waals surface area contributed by atoms with Crippen molar-refractivity contribution in [3.05, 3.63) is 230 Å². The number of nitrogens with zero attached hydrogens (tertiary/aromatic N) is 4. The molecule has 0 unspecified atom stereocenters. The third-order valence-electron chi connectivity index (χ3n) is 14.6. The fourth-order valence-electron chi connectivity index (χ4n) is 11.9. The van der Waals surface area contributed by atoms with Gasteiger partial charge in [0, 0.05) is 32.9 Å². The van der Waals surface area contributed by atoms with Crippen LogP contribution >= 0.6 is 0 Å². The Balaban J connectivity index is 1.07. The molecule has 0 N–H and O–H groups in total. The highest BCUT2D eigenvalue weighted by Crippen LogP contribution is 2.44. The molecule has 4 nitrogen and oxygen atoms in total. The van der Waals surface area contributed by atoms with Crippen LogP contribution < -0.4 is 20.7 Å². The van der Waals surface area contributed by atoms with E-state index in [4.69, 9.17) is 0 Å². The third-order valence-corrected chi connectivity index (χ3v) is 19.5. The average molecular weight is 865 g/mol. The van der Waals surface area contributed by atoms with Crippen molar-refractivity contribution < 1.29 is 0 Å². The summed E-state index contributed by atoms with van der Waals surface area (Å²) < 4.78 is 4.76. The first kappa shape index (κ1) is 37.4. The second kappa shape index (κ2) is 14.0. The van der Waals surface area contributed by atoms with E-state index in [1.807, 2.05) is 12.1 Å². The molecule has 1 spiro atoms. The van der Waals surface area contributed by atoms with E-state index in [9.17, 15) is 10.5 Å². The Bertz CT molecular complexity index is 3910. The van der Waals surface area contributed by atoms with E-state index >= 15 is 0 Å². The smallest absolute Gasteiger partial charge is 0.182 e. The lowest BCUT2D eigenvalue weighted by Gasteiger charge is -2.29. The monoisotopic (exact) mass is 864 g/mol. The van der Waals surface area contributed by atoms with Crippen molar-refractivity contribution in [3.63, 3.8) is 0 Å². The Morgan fingerprint density at radius 2 is 0.687 bits per heavy atom. The molecule has 14 rings (SSSR count). The Labute approximate surface area is 387 Å². The quantitative estimate of drug-likeness (QED) is 0.166. The van der Waals surface area contributed by atoms with Crippen LogP contribution in [0.1, 0.15) is 11.1 Å². The molecule has 308 valence electrons. The molecule has 0 saturated carbocycles. The summed E-state index contributed by atoms with van der Waals surface area (Å²) in [6.45, 7) is 0. The fraction of sp³-hybridized carbons (Fsp3) is 0. The van der Waals surface area contributed by atoms with E-state index in [1.165, 1.54) is 64.5 Å². The van der Waals surface area contributed by atoms with Gasteiger partial charge >= 0.3 is 0 Å². The molecule has 4 heterocycles. The summed E-state index contributed by atoms with van der Waals surface area (Å²) in [5.74, 6) is 0. The number of hydrogen-bond acceptors (Lipinski definition) is 2. The van der Waals surface area contributed by atoms with Gasteiger partial charge in [0.1, 0.15) is 0 Å². The zero-order valence-corrected chi connectivity index (χ0v) is 37.1. The summed E-state index contributed by atoms with van der Waals surface area (Å²) in [4.78, 5) is 0. The number of benzene rings is 10. The maximum atomic E-state index is 10.5. The normalized spacial score (nSPS) is 12.9. The zero-order valence-electron chi connectivity index (χ0n) is 36.1. The van der Waals surface area contributed by atoms with Gasteiger partial charge in [-0.15, -0.1) is 0 Å². The molecule has 0 amide bonds. The maximum Gasteiger partial charge on any atom is 0.182 e. The van der Waals surface area contributed by atoms with Crippen molar-refractivity contribution in [2.75, 3.05) is 0 Å². The largest absolute Gasteiger partial charge is 0.309 e. The van der Waals surface area contributed by atoms with Gasteiger partial charge in [-0.1, -0.05) is 146 Å². The van der Waals surface area contributed by atoms with Gasteiger partial charge in [-0.2, -0.15) is 10.5 Å². The van der Waals surface area contributed by atoms with Crippen molar-refractivity contribution >= 4 is 72.4 Å². The first-order valence-electron chi connectivity index (χ1n) is 22.7. The minimum atomic E-state index is -3.23. The molecule has 0 aliphatic carbocycles. The lowest BCUT2D eigenvalue weighted by atomic mass is 9.95. The highest BCUT2D eigenvalue weighted by atomic mass is 28.3. The van der Waals surface area contributed by atoms with Crippen molar-refractivity contribution in [1.82, 2.24) is 9.13 Å². The minimum Gasteiger partial charge on any atom is -0.309 e. The Kier molecular flexibility index (Phi) is 7.81. The second-order valence-electron chi connectivity index (χ2n) is 17.8. The maximum absolute atomic E-state index is 10.5. The number of para-hydroxylation sites is 4. The molecular formula is C62H36N4Si. The lowest BCUT2D eigenvalue weighted by Crippen LogP contribution is -2.71. The number of nitriles is 2. The summed E-state index contributed by atoms with van der Waals surface area (Å²) in [5, 5.41) is 30.9. The van der Waals surface area contributed by atoms with E-state index in [1.54, 1.807) is 0 Å². The SMILES string of the molecule is N#Cc1ccc2c(c1)[Si]1(c3cc(C#N)ccc3-2)c2cc(-c3cccc4c3c3ccccc3n4-c3ccccc3)ccc2-c2ccc(-c3cccc4c3c3ccccc3n4-c3ccccc3)cc21. The van der Waals surface area contributed by atoms with Crippen LogP contribution in [0.5, 0.6) is 0 Å². The Morgan fingerprint density at radius 3 is 1.12 bits per heavy atom. The number of aromatic nitrogens is 2. The van der Waals surface area contributed by atoms with Crippen LogP contribution in [-0.4, -0.2) is 17.2 Å². The molecule has 0 saturated heterocycles. The lowest BCUT2D eigenvalue weighted by molar-refractivity contribution is 1.18. The van der Waals surface area contributed by atoms with Crippen LogP contribution in [-0.2, 0) is 0 Å². The van der Waals surface area contributed by atoms with E-state index < -0.39 is 8.07 Å². The molecule has 10 aromatic carbocycles. The van der Waals surface area contributed by atoms with Crippen LogP contribution in [0.25, 0.3) is 99.5 Å². The molecule has 67 heavy (non-hydrogen) atoms. The fourth-order valence-corrected chi connectivity index (χ4v) is 17.6. The van der Waals surface area contributed by atoms with Gasteiger partial charge in [-0.05, 0) is 138 Å². The van der Waals surface area contributed by atoms with Crippen molar-refractivity contribution in [1.29, 1.82) is 10.5 Å². The van der Waals surface area contributed by atoms with Crippen LogP contribution in [0.3, 0.4) is 0 Å². The molecule has 0 bridgehead atoms. The summed E-state index contributed by atoms with van der Waals surface area (Å²) in [5.41, 5.74) is 17.5. The molecule has 2 aromatic heterocycles. The Hall–Kier alpha value is -9.00. The number of hydrogen-bond donors (Lipinski definition) is 0. The van der Waals surface area contributed by atoms with Crippen LogP contribution in [0, 0.1) is 22.7 Å². The number of rotatable bonds is 4. The molecule has 0 fully saturated rings. The van der Waals surface area contributed by atoms with E-state index in [0.29, 0.717) is 11.1 Å². The molecule has 0 radical (unpaired) electrons. The van der Waals surface area contributed by atoms with Gasteiger partial charge in [0.2, 0.25) is 0 Å². The molecule has 2 aliphatic rings. The standard InChI is InChI=1S/C62H36N4Si/c63-37-39-25-29-47-48-30-26-40(38-64)34-58(48)67(57(47)33-39)59-35-41(45-19-11-23-55-61(45)51-17-7-9-21-53(51)65(55)43-13-3-1-4-14-43)27-31-49(59)50-32-28-42(36-60(50)67)46-20-12-24-56-62(46)52-18-8-10-22-54(52)66(56)44-15-5-2-6-16-44/h1-36H. The van der Waals surface area contributed by atoms with Gasteiger partial charge in [0.05, 0.1) is 45.3 Å². The summed E-state index contributed by atoms with van der Waals surface area (Å²) in [6, 6.07) is 83.8. The summed E-state index contributed by atoms with van der Waals surface area (Å²) in [7, 11) is -3.23. The molecule has 5 heteroatoms. The second-order valence-corrected chi connectivity index (χ2v) is 21.4. The highest BCUT2D eigenvalue weighted by Gasteiger charge is 2.54. The summed E-state index contributed by atoms with van der Waals surface area (Å²) >= 11 is 0. The molecule has 0 atom stereocenters. The molecular weight excluding hydrogens is 829 g/mol. The van der Waals surface area contributed by atoms with Crippen molar-refractivity contribution in [2.24, 2.45) is 0 Å².